The van der Waals surface area contributed by atoms with E-state index in [1.807, 2.05) is 0 Å². The number of thioether (sulfide) groups is 1. The van der Waals surface area contributed by atoms with Gasteiger partial charge in [-0.25, -0.2) is 0 Å². The summed E-state index contributed by atoms with van der Waals surface area (Å²) in [5.74, 6) is 0.617. The maximum absolute atomic E-state index is 13.1. The van der Waals surface area contributed by atoms with Crippen LogP contribution in [0.15, 0.2) is 41.3 Å². The molecule has 0 unspecified atom stereocenters. The zero-order valence-electron chi connectivity index (χ0n) is 13.9. The number of amides is 1. The van der Waals surface area contributed by atoms with Crippen LogP contribution in [0.5, 0.6) is 11.5 Å². The van der Waals surface area contributed by atoms with E-state index < -0.39 is 17.6 Å². The van der Waals surface area contributed by atoms with Gasteiger partial charge in [-0.2, -0.15) is 13.2 Å². The number of carbonyl (C=O) groups is 1. The minimum absolute atomic E-state index is 0.0538. The van der Waals surface area contributed by atoms with E-state index in [1.54, 1.807) is 18.2 Å². The molecular formula is C18H15ClF3NO3S. The van der Waals surface area contributed by atoms with E-state index in [4.69, 9.17) is 21.1 Å². The molecule has 3 rings (SSSR count). The van der Waals surface area contributed by atoms with Gasteiger partial charge in [-0.15, -0.1) is 11.8 Å². The van der Waals surface area contributed by atoms with Gasteiger partial charge in [0.1, 0.15) is 0 Å². The Bertz CT molecular complexity index is 845. The molecule has 0 atom stereocenters. The molecule has 2 aromatic carbocycles. The van der Waals surface area contributed by atoms with Gasteiger partial charge in [-0.3, -0.25) is 4.79 Å². The maximum atomic E-state index is 13.1. The minimum atomic E-state index is -4.62. The van der Waals surface area contributed by atoms with Crippen LogP contribution < -0.4 is 14.8 Å². The summed E-state index contributed by atoms with van der Waals surface area (Å²) in [5.41, 5.74) is -1.31. The van der Waals surface area contributed by atoms with E-state index in [2.05, 4.69) is 5.32 Å². The van der Waals surface area contributed by atoms with Gasteiger partial charge in [0, 0.05) is 16.3 Å². The lowest BCUT2D eigenvalue weighted by molar-refractivity contribution is -0.137. The van der Waals surface area contributed by atoms with Crippen molar-refractivity contribution in [3.05, 3.63) is 47.0 Å². The Labute approximate surface area is 163 Å². The monoisotopic (exact) mass is 417 g/mol. The van der Waals surface area contributed by atoms with Gasteiger partial charge >= 0.3 is 6.18 Å². The predicted molar refractivity (Wildman–Crippen MR) is 97.9 cm³/mol. The fourth-order valence-corrected chi connectivity index (χ4v) is 3.33. The summed E-state index contributed by atoms with van der Waals surface area (Å²) < 4.78 is 50.4. The first-order valence-electron chi connectivity index (χ1n) is 8.02. The minimum Gasteiger partial charge on any atom is -0.490 e. The Kier molecular flexibility index (Phi) is 6.06. The average Bonchev–Trinajstić information content (AvgIpc) is 2.85. The van der Waals surface area contributed by atoms with Crippen molar-refractivity contribution >= 4 is 35.0 Å². The first kappa shape index (κ1) is 19.7. The van der Waals surface area contributed by atoms with E-state index in [9.17, 15) is 18.0 Å². The van der Waals surface area contributed by atoms with Gasteiger partial charge in [-0.05, 0) is 36.4 Å². The van der Waals surface area contributed by atoms with Crippen LogP contribution in [0.25, 0.3) is 0 Å². The molecule has 0 radical (unpaired) electrons. The number of fused-ring (bicyclic) bond motifs is 1. The topological polar surface area (TPSA) is 47.6 Å². The molecule has 0 saturated carbocycles. The van der Waals surface area contributed by atoms with Crippen molar-refractivity contribution in [2.75, 3.05) is 24.3 Å². The Hall–Kier alpha value is -2.06. The molecule has 4 nitrogen and oxygen atoms in total. The molecule has 0 spiro atoms. The Morgan fingerprint density at radius 3 is 2.59 bits per heavy atom. The van der Waals surface area contributed by atoms with Crippen molar-refractivity contribution in [2.45, 2.75) is 17.5 Å². The highest BCUT2D eigenvalue weighted by Crippen LogP contribution is 2.37. The van der Waals surface area contributed by atoms with Crippen LogP contribution in [0.2, 0.25) is 5.02 Å². The summed E-state index contributed by atoms with van der Waals surface area (Å²) in [5, 5.41) is 2.24. The number of carbonyl (C=O) groups excluding carboxylic acids is 1. The van der Waals surface area contributed by atoms with Crippen molar-refractivity contribution in [3.63, 3.8) is 0 Å². The van der Waals surface area contributed by atoms with Crippen LogP contribution in [0.3, 0.4) is 0 Å². The second-order valence-electron chi connectivity index (χ2n) is 5.68. The fraction of sp³-hybridized carbons (Fsp3) is 0.278. The van der Waals surface area contributed by atoms with Crippen LogP contribution in [-0.4, -0.2) is 24.9 Å². The lowest BCUT2D eigenvalue weighted by Crippen LogP contribution is -2.18. The molecular weight excluding hydrogens is 403 g/mol. The first-order chi connectivity index (χ1) is 12.8. The number of halogens is 4. The third-order valence-electron chi connectivity index (χ3n) is 3.65. The molecule has 1 heterocycles. The average molecular weight is 418 g/mol. The number of ether oxygens (including phenoxy) is 2. The molecule has 0 aromatic heterocycles. The molecule has 144 valence electrons. The zero-order valence-corrected chi connectivity index (χ0v) is 15.5. The normalized spacial score (nSPS) is 13.8. The summed E-state index contributed by atoms with van der Waals surface area (Å²) in [4.78, 5) is 12.9. The Morgan fingerprint density at radius 2 is 1.85 bits per heavy atom. The Balaban J connectivity index is 1.65. The van der Waals surface area contributed by atoms with Crippen molar-refractivity contribution in [1.82, 2.24) is 0 Å². The second kappa shape index (κ2) is 8.31. The fourth-order valence-electron chi connectivity index (χ4n) is 2.43. The summed E-state index contributed by atoms with van der Waals surface area (Å²) in [6.45, 7) is 1.11. The summed E-state index contributed by atoms with van der Waals surface area (Å²) in [6, 6.07) is 8.50. The van der Waals surface area contributed by atoms with Crippen molar-refractivity contribution < 1.29 is 27.4 Å². The van der Waals surface area contributed by atoms with Crippen LogP contribution in [0, 0.1) is 0 Å². The molecule has 1 aliphatic rings. The van der Waals surface area contributed by atoms with Gasteiger partial charge in [0.25, 0.3) is 0 Å². The largest absolute Gasteiger partial charge is 0.490 e. The van der Waals surface area contributed by atoms with Crippen LogP contribution >= 0.6 is 23.4 Å². The standard InChI is InChI=1S/C18H15ClF3NO3S/c19-11-2-4-14(13(8-11)18(20,21)22)23-17(24)10-27-12-3-5-15-16(9-12)26-7-1-6-25-15/h2-5,8-9H,1,6-7,10H2,(H,23,24). The van der Waals surface area contributed by atoms with Gasteiger partial charge in [0.2, 0.25) is 5.91 Å². The van der Waals surface area contributed by atoms with E-state index >= 15 is 0 Å². The van der Waals surface area contributed by atoms with E-state index in [1.165, 1.54) is 17.8 Å². The number of benzene rings is 2. The summed E-state index contributed by atoms with van der Waals surface area (Å²) in [6.07, 6.45) is -3.84. The lowest BCUT2D eigenvalue weighted by atomic mass is 10.1. The molecule has 1 amide bonds. The maximum Gasteiger partial charge on any atom is 0.418 e. The molecule has 0 bridgehead atoms. The van der Waals surface area contributed by atoms with Crippen molar-refractivity contribution in [3.8, 4) is 11.5 Å². The third kappa shape index (κ3) is 5.23. The molecule has 9 heteroatoms. The quantitative estimate of drug-likeness (QED) is 0.690. The van der Waals surface area contributed by atoms with Crippen molar-refractivity contribution in [1.29, 1.82) is 0 Å². The number of alkyl halides is 3. The SMILES string of the molecule is O=C(CSc1ccc2c(c1)OCCCO2)Nc1ccc(Cl)cc1C(F)(F)F. The highest BCUT2D eigenvalue weighted by molar-refractivity contribution is 8.00. The van der Waals surface area contributed by atoms with Crippen LogP contribution in [0.4, 0.5) is 18.9 Å². The zero-order chi connectivity index (χ0) is 19.4. The van der Waals surface area contributed by atoms with Gasteiger partial charge in [-0.1, -0.05) is 11.6 Å². The lowest BCUT2D eigenvalue weighted by Gasteiger charge is -2.14. The van der Waals surface area contributed by atoms with Gasteiger partial charge in [0.15, 0.2) is 11.5 Å². The number of anilines is 1. The predicted octanol–water partition coefficient (Wildman–Crippen LogP) is 5.25. The van der Waals surface area contributed by atoms with Crippen LogP contribution in [0.1, 0.15) is 12.0 Å². The number of rotatable bonds is 4. The number of hydrogen-bond acceptors (Lipinski definition) is 4. The number of nitrogens with one attached hydrogen (secondary N) is 1. The molecule has 27 heavy (non-hydrogen) atoms. The highest BCUT2D eigenvalue weighted by atomic mass is 35.5. The van der Waals surface area contributed by atoms with E-state index in [0.717, 1.165) is 23.4 Å². The molecule has 1 aliphatic heterocycles. The second-order valence-corrected chi connectivity index (χ2v) is 7.17. The van der Waals surface area contributed by atoms with E-state index in [0.29, 0.717) is 24.7 Å². The number of hydrogen-bond donors (Lipinski definition) is 1. The molecule has 1 N–H and O–H groups in total. The smallest absolute Gasteiger partial charge is 0.418 e. The molecule has 0 saturated heterocycles. The molecule has 0 aliphatic carbocycles. The summed E-state index contributed by atoms with van der Waals surface area (Å²) >= 11 is 6.82. The van der Waals surface area contributed by atoms with Crippen LogP contribution in [-0.2, 0) is 11.0 Å². The summed E-state index contributed by atoms with van der Waals surface area (Å²) in [7, 11) is 0. The van der Waals surface area contributed by atoms with E-state index in [-0.39, 0.29) is 16.5 Å². The van der Waals surface area contributed by atoms with Crippen molar-refractivity contribution in [2.24, 2.45) is 0 Å². The molecule has 0 fully saturated rings. The molecule has 2 aromatic rings. The van der Waals surface area contributed by atoms with Gasteiger partial charge < -0.3 is 14.8 Å². The highest BCUT2D eigenvalue weighted by Gasteiger charge is 2.34. The van der Waals surface area contributed by atoms with Gasteiger partial charge in [0.05, 0.1) is 30.2 Å². The Morgan fingerprint density at radius 1 is 1.11 bits per heavy atom. The first-order valence-corrected chi connectivity index (χ1v) is 9.38. The third-order valence-corrected chi connectivity index (χ3v) is 4.88.